The van der Waals surface area contributed by atoms with E-state index in [1.165, 1.54) is 12.8 Å². The predicted octanol–water partition coefficient (Wildman–Crippen LogP) is 3.00. The Kier molecular flexibility index (Phi) is 3.77. The fraction of sp³-hybridized carbons (Fsp3) is 0.474. The van der Waals surface area contributed by atoms with Crippen molar-refractivity contribution in [2.45, 2.75) is 50.2 Å². The van der Waals surface area contributed by atoms with Gasteiger partial charge in [-0.3, -0.25) is 9.78 Å². The minimum Gasteiger partial charge on any atom is -0.373 e. The van der Waals surface area contributed by atoms with E-state index in [0.717, 1.165) is 42.2 Å². The highest BCUT2D eigenvalue weighted by Crippen LogP contribution is 2.41. The van der Waals surface area contributed by atoms with E-state index in [9.17, 15) is 4.79 Å². The average molecular weight is 310 g/mol. The lowest BCUT2D eigenvalue weighted by atomic mass is 9.92. The SMILES string of the molecule is O=C(Cc1cccc2cnccc12)NC1CCOC12CCCC2. The quantitative estimate of drug-likeness (QED) is 0.948. The number of hydrogen-bond donors (Lipinski definition) is 1. The molecule has 0 radical (unpaired) electrons. The molecule has 1 unspecified atom stereocenters. The Labute approximate surface area is 136 Å². The number of rotatable bonds is 3. The molecule has 1 saturated heterocycles. The Morgan fingerprint density at radius 3 is 3.04 bits per heavy atom. The van der Waals surface area contributed by atoms with Crippen LogP contribution in [0.4, 0.5) is 0 Å². The van der Waals surface area contributed by atoms with Gasteiger partial charge in [0.2, 0.25) is 5.91 Å². The number of nitrogens with one attached hydrogen (secondary N) is 1. The van der Waals surface area contributed by atoms with Crippen molar-refractivity contribution in [2.24, 2.45) is 0 Å². The molecule has 23 heavy (non-hydrogen) atoms. The third-order valence-corrected chi connectivity index (χ3v) is 5.34. The summed E-state index contributed by atoms with van der Waals surface area (Å²) in [6.07, 6.45) is 9.55. The van der Waals surface area contributed by atoms with E-state index in [0.29, 0.717) is 6.42 Å². The molecule has 2 fully saturated rings. The van der Waals surface area contributed by atoms with Crippen LogP contribution in [0, 0.1) is 0 Å². The van der Waals surface area contributed by atoms with E-state index in [1.807, 2.05) is 30.5 Å². The van der Waals surface area contributed by atoms with Gasteiger partial charge in [-0.2, -0.15) is 0 Å². The lowest BCUT2D eigenvalue weighted by molar-refractivity contribution is -0.122. The zero-order valence-electron chi connectivity index (χ0n) is 13.3. The van der Waals surface area contributed by atoms with Crippen molar-refractivity contribution in [3.05, 3.63) is 42.2 Å². The minimum atomic E-state index is -0.0850. The van der Waals surface area contributed by atoms with E-state index < -0.39 is 0 Å². The number of nitrogens with zero attached hydrogens (tertiary/aromatic N) is 1. The third kappa shape index (κ3) is 2.72. The van der Waals surface area contributed by atoms with Crippen LogP contribution in [0.1, 0.15) is 37.7 Å². The number of pyridine rings is 1. The first kappa shape index (κ1) is 14.6. The van der Waals surface area contributed by atoms with Crippen LogP contribution >= 0.6 is 0 Å². The Balaban J connectivity index is 1.49. The summed E-state index contributed by atoms with van der Waals surface area (Å²) >= 11 is 0. The van der Waals surface area contributed by atoms with E-state index in [2.05, 4.69) is 10.3 Å². The maximum atomic E-state index is 12.6. The summed E-state index contributed by atoms with van der Waals surface area (Å²) < 4.78 is 6.01. The molecule has 1 saturated carbocycles. The molecule has 2 aliphatic rings. The van der Waals surface area contributed by atoms with Crippen LogP contribution in [-0.4, -0.2) is 29.1 Å². The number of carbonyl (C=O) groups excluding carboxylic acids is 1. The van der Waals surface area contributed by atoms with Gasteiger partial charge in [0.15, 0.2) is 0 Å². The largest absolute Gasteiger partial charge is 0.373 e. The molecule has 1 aromatic heterocycles. The Bertz CT molecular complexity index is 711. The zero-order chi connectivity index (χ0) is 15.7. The molecule has 120 valence electrons. The molecule has 4 heteroatoms. The minimum absolute atomic E-state index is 0.0850. The van der Waals surface area contributed by atoms with Crippen LogP contribution in [0.5, 0.6) is 0 Å². The van der Waals surface area contributed by atoms with Crippen molar-refractivity contribution >= 4 is 16.7 Å². The van der Waals surface area contributed by atoms with Crippen molar-refractivity contribution in [3.63, 3.8) is 0 Å². The smallest absolute Gasteiger partial charge is 0.224 e. The van der Waals surface area contributed by atoms with Crippen molar-refractivity contribution in [1.82, 2.24) is 10.3 Å². The summed E-state index contributed by atoms with van der Waals surface area (Å²) in [5.41, 5.74) is 0.972. The highest BCUT2D eigenvalue weighted by atomic mass is 16.5. The molecule has 4 rings (SSSR count). The topological polar surface area (TPSA) is 51.2 Å². The Morgan fingerprint density at radius 1 is 1.30 bits per heavy atom. The standard InChI is InChI=1S/C19H22N2O2/c22-18(21-17-7-11-23-19(17)8-1-2-9-19)12-14-4-3-5-15-13-20-10-6-16(14)15/h3-6,10,13,17H,1-2,7-9,11-12H2,(H,21,22). The number of hydrogen-bond acceptors (Lipinski definition) is 3. The van der Waals surface area contributed by atoms with Gasteiger partial charge in [0.05, 0.1) is 18.1 Å². The number of carbonyl (C=O) groups is 1. The normalized spacial score (nSPS) is 22.7. The average Bonchev–Trinajstić information content (AvgIpc) is 3.19. The summed E-state index contributed by atoms with van der Waals surface area (Å²) in [7, 11) is 0. The van der Waals surface area contributed by atoms with Crippen molar-refractivity contribution in [3.8, 4) is 0 Å². The fourth-order valence-corrected chi connectivity index (χ4v) is 4.18. The molecule has 1 atom stereocenters. The zero-order valence-corrected chi connectivity index (χ0v) is 13.3. The molecule has 1 aliphatic carbocycles. The van der Waals surface area contributed by atoms with Gasteiger partial charge in [-0.05, 0) is 36.3 Å². The van der Waals surface area contributed by atoms with Gasteiger partial charge in [0.25, 0.3) is 0 Å². The number of benzene rings is 1. The maximum Gasteiger partial charge on any atom is 0.224 e. The Morgan fingerprint density at radius 2 is 2.17 bits per heavy atom. The van der Waals surface area contributed by atoms with Gasteiger partial charge in [-0.25, -0.2) is 0 Å². The lowest BCUT2D eigenvalue weighted by Gasteiger charge is -2.30. The molecule has 1 spiro atoms. The van der Waals surface area contributed by atoms with E-state index in [4.69, 9.17) is 4.74 Å². The lowest BCUT2D eigenvalue weighted by Crippen LogP contribution is -2.48. The number of amides is 1. The predicted molar refractivity (Wildman–Crippen MR) is 89.1 cm³/mol. The van der Waals surface area contributed by atoms with Crippen LogP contribution in [-0.2, 0) is 16.0 Å². The molecule has 0 bridgehead atoms. The van der Waals surface area contributed by atoms with Crippen LogP contribution < -0.4 is 5.32 Å². The highest BCUT2D eigenvalue weighted by molar-refractivity contribution is 5.89. The summed E-state index contributed by atoms with van der Waals surface area (Å²) in [6, 6.07) is 8.20. The molecule has 1 amide bonds. The van der Waals surface area contributed by atoms with Crippen LogP contribution in [0.2, 0.25) is 0 Å². The number of aromatic nitrogens is 1. The van der Waals surface area contributed by atoms with Gasteiger partial charge in [0.1, 0.15) is 0 Å². The van der Waals surface area contributed by atoms with E-state index in [1.54, 1.807) is 6.20 Å². The summed E-state index contributed by atoms with van der Waals surface area (Å²) in [5.74, 6) is 0.0936. The fourth-order valence-electron chi connectivity index (χ4n) is 4.18. The van der Waals surface area contributed by atoms with Crippen LogP contribution in [0.15, 0.2) is 36.7 Å². The van der Waals surface area contributed by atoms with Gasteiger partial charge in [-0.1, -0.05) is 31.0 Å². The second kappa shape index (κ2) is 5.93. The highest BCUT2D eigenvalue weighted by Gasteiger charge is 2.46. The van der Waals surface area contributed by atoms with E-state index in [-0.39, 0.29) is 17.6 Å². The van der Waals surface area contributed by atoms with Gasteiger partial charge < -0.3 is 10.1 Å². The number of ether oxygens (including phenoxy) is 1. The van der Waals surface area contributed by atoms with Crippen molar-refractivity contribution in [2.75, 3.05) is 6.61 Å². The maximum absolute atomic E-state index is 12.6. The second-order valence-electron chi connectivity index (χ2n) is 6.72. The molecular formula is C19H22N2O2. The molecule has 1 aliphatic heterocycles. The number of fused-ring (bicyclic) bond motifs is 1. The summed E-state index contributed by atoms with van der Waals surface area (Å²) in [6.45, 7) is 0.769. The Hall–Kier alpha value is -1.94. The van der Waals surface area contributed by atoms with Crippen LogP contribution in [0.3, 0.4) is 0 Å². The first-order valence-corrected chi connectivity index (χ1v) is 8.52. The monoisotopic (exact) mass is 310 g/mol. The molecule has 4 nitrogen and oxygen atoms in total. The van der Waals surface area contributed by atoms with Crippen LogP contribution in [0.25, 0.3) is 10.8 Å². The molecule has 2 aromatic rings. The third-order valence-electron chi connectivity index (χ3n) is 5.34. The summed E-state index contributed by atoms with van der Waals surface area (Å²) in [4.78, 5) is 16.7. The first-order chi connectivity index (χ1) is 11.3. The second-order valence-corrected chi connectivity index (χ2v) is 6.72. The molecule has 2 heterocycles. The molecular weight excluding hydrogens is 288 g/mol. The van der Waals surface area contributed by atoms with Gasteiger partial charge in [0, 0.05) is 24.4 Å². The summed E-state index contributed by atoms with van der Waals surface area (Å²) in [5, 5.41) is 5.43. The van der Waals surface area contributed by atoms with Crippen molar-refractivity contribution < 1.29 is 9.53 Å². The van der Waals surface area contributed by atoms with Gasteiger partial charge in [-0.15, -0.1) is 0 Å². The first-order valence-electron chi connectivity index (χ1n) is 8.52. The van der Waals surface area contributed by atoms with Gasteiger partial charge >= 0.3 is 0 Å². The molecule has 1 N–H and O–H groups in total. The van der Waals surface area contributed by atoms with Crippen molar-refractivity contribution in [1.29, 1.82) is 0 Å². The molecule has 1 aromatic carbocycles. The van der Waals surface area contributed by atoms with E-state index >= 15 is 0 Å².